The number of ether oxygens (including phenoxy) is 1. The van der Waals surface area contributed by atoms with Gasteiger partial charge in [0.2, 0.25) is 5.91 Å². The van der Waals surface area contributed by atoms with Crippen molar-refractivity contribution < 1.29 is 14.3 Å². The number of carbonyl (C=O) groups excluding carboxylic acids is 2. The fourth-order valence-electron chi connectivity index (χ4n) is 4.79. The zero-order valence-corrected chi connectivity index (χ0v) is 22.1. The number of hydrogen-bond acceptors (Lipinski definition) is 3. The van der Waals surface area contributed by atoms with Gasteiger partial charge in [-0.05, 0) is 55.2 Å². The van der Waals surface area contributed by atoms with Crippen LogP contribution < -0.4 is 10.1 Å². The number of rotatable bonds is 10. The fourth-order valence-corrected chi connectivity index (χ4v) is 5.01. The van der Waals surface area contributed by atoms with Crippen molar-refractivity contribution in [3.8, 4) is 5.75 Å². The van der Waals surface area contributed by atoms with Crippen LogP contribution in [-0.4, -0.2) is 35.4 Å². The third-order valence-electron chi connectivity index (χ3n) is 6.85. The van der Waals surface area contributed by atoms with Gasteiger partial charge in [0.15, 0.2) is 6.61 Å². The summed E-state index contributed by atoms with van der Waals surface area (Å²) in [5.74, 6) is 0.245. The van der Waals surface area contributed by atoms with Crippen molar-refractivity contribution in [2.24, 2.45) is 0 Å². The molecule has 37 heavy (non-hydrogen) atoms. The Morgan fingerprint density at radius 2 is 1.65 bits per heavy atom. The summed E-state index contributed by atoms with van der Waals surface area (Å²) in [7, 11) is 0. The third kappa shape index (κ3) is 8.09. The Labute approximate surface area is 224 Å². The lowest BCUT2D eigenvalue weighted by molar-refractivity contribution is -0.143. The van der Waals surface area contributed by atoms with Crippen molar-refractivity contribution in [1.29, 1.82) is 0 Å². The van der Waals surface area contributed by atoms with Crippen molar-refractivity contribution in [3.63, 3.8) is 0 Å². The minimum absolute atomic E-state index is 0.124. The van der Waals surface area contributed by atoms with Gasteiger partial charge in [-0.25, -0.2) is 0 Å². The minimum Gasteiger partial charge on any atom is -0.484 e. The zero-order chi connectivity index (χ0) is 26.0. The molecule has 1 N–H and O–H groups in total. The summed E-state index contributed by atoms with van der Waals surface area (Å²) < 4.78 is 5.85. The average Bonchev–Trinajstić information content (AvgIpc) is 2.91. The van der Waals surface area contributed by atoms with Crippen LogP contribution >= 0.6 is 11.6 Å². The molecule has 5 nitrogen and oxygen atoms in total. The van der Waals surface area contributed by atoms with E-state index in [9.17, 15) is 9.59 Å². The highest BCUT2D eigenvalue weighted by Crippen LogP contribution is 2.21. The van der Waals surface area contributed by atoms with Crippen LogP contribution in [0.15, 0.2) is 78.9 Å². The smallest absolute Gasteiger partial charge is 0.261 e. The molecule has 0 spiro atoms. The Balaban J connectivity index is 1.60. The molecule has 6 heteroatoms. The fraction of sp³-hybridized carbons (Fsp3) is 0.355. The van der Waals surface area contributed by atoms with Gasteiger partial charge >= 0.3 is 0 Å². The minimum atomic E-state index is -0.683. The average molecular weight is 519 g/mol. The summed E-state index contributed by atoms with van der Waals surface area (Å²) in [6.07, 6.45) is 5.80. The Kier molecular flexibility index (Phi) is 9.61. The lowest BCUT2D eigenvalue weighted by Crippen LogP contribution is -2.53. The molecule has 1 aliphatic carbocycles. The Morgan fingerprint density at radius 1 is 0.946 bits per heavy atom. The van der Waals surface area contributed by atoms with Crippen molar-refractivity contribution in [1.82, 2.24) is 10.2 Å². The highest BCUT2D eigenvalue weighted by atomic mass is 35.5. The first kappa shape index (κ1) is 26.7. The number of nitrogens with one attached hydrogen (secondary N) is 1. The van der Waals surface area contributed by atoms with Gasteiger partial charge in [-0.1, -0.05) is 91.0 Å². The molecule has 4 rings (SSSR count). The number of nitrogens with zero attached hydrogens (tertiary/aromatic N) is 1. The molecule has 1 saturated carbocycles. The van der Waals surface area contributed by atoms with Crippen LogP contribution in [0, 0.1) is 6.92 Å². The summed E-state index contributed by atoms with van der Waals surface area (Å²) in [4.78, 5) is 29.1. The standard InChI is InChI=1S/C31H35ClN2O3/c1-23-15-17-28(18-16-23)37-22-30(35)34(21-25-11-8-12-26(32)19-25)29(20-24-9-4-2-5-10-24)31(36)33-27-13-6-3-7-14-27/h2,4-5,8-12,15-19,27,29H,3,6-7,13-14,20-22H2,1H3,(H,33,36). The molecule has 3 aromatic carbocycles. The lowest BCUT2D eigenvalue weighted by atomic mass is 9.94. The van der Waals surface area contributed by atoms with Crippen LogP contribution in [0.4, 0.5) is 0 Å². The SMILES string of the molecule is Cc1ccc(OCC(=O)N(Cc2cccc(Cl)c2)C(Cc2ccccc2)C(=O)NC2CCCCC2)cc1. The van der Waals surface area contributed by atoms with Gasteiger partial charge in [-0.2, -0.15) is 0 Å². The van der Waals surface area contributed by atoms with E-state index in [1.165, 1.54) is 6.42 Å². The number of benzene rings is 3. The Hall–Kier alpha value is -3.31. The number of hydrogen-bond donors (Lipinski definition) is 1. The van der Waals surface area contributed by atoms with Gasteiger partial charge in [0.05, 0.1) is 0 Å². The Bertz CT molecular complexity index is 1160. The van der Waals surface area contributed by atoms with E-state index in [2.05, 4.69) is 5.32 Å². The molecular formula is C31H35ClN2O3. The van der Waals surface area contributed by atoms with Gasteiger partial charge in [0, 0.05) is 24.0 Å². The highest BCUT2D eigenvalue weighted by Gasteiger charge is 2.32. The summed E-state index contributed by atoms with van der Waals surface area (Å²) >= 11 is 6.26. The number of halogens is 1. The molecule has 0 aromatic heterocycles. The maximum Gasteiger partial charge on any atom is 0.261 e. The number of amides is 2. The lowest BCUT2D eigenvalue weighted by Gasteiger charge is -2.33. The van der Waals surface area contributed by atoms with Crippen molar-refractivity contribution in [2.75, 3.05) is 6.61 Å². The second-order valence-electron chi connectivity index (χ2n) is 9.80. The van der Waals surface area contributed by atoms with Gasteiger partial charge < -0.3 is 15.0 Å². The molecule has 1 fully saturated rings. The summed E-state index contributed by atoms with van der Waals surface area (Å²) in [6, 6.07) is 24.3. The van der Waals surface area contributed by atoms with E-state index in [-0.39, 0.29) is 31.0 Å². The quantitative estimate of drug-likeness (QED) is 0.352. The molecule has 1 aliphatic rings. The second-order valence-corrected chi connectivity index (χ2v) is 10.2. The molecule has 3 aromatic rings. The molecular weight excluding hydrogens is 484 g/mol. The zero-order valence-electron chi connectivity index (χ0n) is 21.4. The maximum absolute atomic E-state index is 13.8. The van der Waals surface area contributed by atoms with Crippen LogP contribution in [0.1, 0.15) is 48.8 Å². The molecule has 194 valence electrons. The van der Waals surface area contributed by atoms with E-state index in [1.54, 1.807) is 11.0 Å². The van der Waals surface area contributed by atoms with Crippen molar-refractivity contribution >= 4 is 23.4 Å². The summed E-state index contributed by atoms with van der Waals surface area (Å²) in [5.41, 5.74) is 2.97. The van der Waals surface area contributed by atoms with Gasteiger partial charge in [-0.3, -0.25) is 9.59 Å². The van der Waals surface area contributed by atoms with E-state index >= 15 is 0 Å². The van der Waals surface area contributed by atoms with Gasteiger partial charge in [0.25, 0.3) is 5.91 Å². The molecule has 0 bridgehead atoms. The molecule has 0 aliphatic heterocycles. The van der Waals surface area contributed by atoms with E-state index in [0.29, 0.717) is 17.2 Å². The first-order chi connectivity index (χ1) is 18.0. The number of carbonyl (C=O) groups is 2. The van der Waals surface area contributed by atoms with E-state index in [1.807, 2.05) is 79.7 Å². The van der Waals surface area contributed by atoms with Crippen LogP contribution in [-0.2, 0) is 22.6 Å². The van der Waals surface area contributed by atoms with Crippen molar-refractivity contribution in [2.45, 2.75) is 64.1 Å². The molecule has 1 atom stereocenters. The molecule has 2 amide bonds. The van der Waals surface area contributed by atoms with E-state index < -0.39 is 6.04 Å². The topological polar surface area (TPSA) is 58.6 Å². The van der Waals surface area contributed by atoms with Gasteiger partial charge in [-0.15, -0.1) is 0 Å². The second kappa shape index (κ2) is 13.3. The highest BCUT2D eigenvalue weighted by molar-refractivity contribution is 6.30. The first-order valence-electron chi connectivity index (χ1n) is 13.1. The van der Waals surface area contributed by atoms with Crippen LogP contribution in [0.3, 0.4) is 0 Å². The number of aryl methyl sites for hydroxylation is 1. The molecule has 0 saturated heterocycles. The van der Waals surface area contributed by atoms with Crippen LogP contribution in [0.5, 0.6) is 5.75 Å². The normalized spacial score (nSPS) is 14.5. The van der Waals surface area contributed by atoms with E-state index in [0.717, 1.165) is 42.4 Å². The van der Waals surface area contributed by atoms with Crippen molar-refractivity contribution in [3.05, 3.63) is 101 Å². The first-order valence-corrected chi connectivity index (χ1v) is 13.4. The van der Waals surface area contributed by atoms with E-state index in [4.69, 9.17) is 16.3 Å². The molecule has 1 unspecified atom stereocenters. The van der Waals surface area contributed by atoms with Crippen LogP contribution in [0.25, 0.3) is 0 Å². The Morgan fingerprint density at radius 3 is 2.35 bits per heavy atom. The summed E-state index contributed by atoms with van der Waals surface area (Å²) in [6.45, 7) is 2.10. The molecule has 0 radical (unpaired) electrons. The monoisotopic (exact) mass is 518 g/mol. The third-order valence-corrected chi connectivity index (χ3v) is 7.08. The predicted molar refractivity (Wildman–Crippen MR) is 148 cm³/mol. The molecule has 0 heterocycles. The largest absolute Gasteiger partial charge is 0.484 e. The van der Waals surface area contributed by atoms with Crippen LogP contribution in [0.2, 0.25) is 5.02 Å². The summed E-state index contributed by atoms with van der Waals surface area (Å²) in [5, 5.41) is 3.84. The predicted octanol–water partition coefficient (Wildman–Crippen LogP) is 6.12. The van der Waals surface area contributed by atoms with Gasteiger partial charge in [0.1, 0.15) is 11.8 Å². The maximum atomic E-state index is 13.8.